The molecule has 35 heavy (non-hydrogen) atoms. The number of methoxy groups -OCH3 is 1. The molecule has 0 unspecified atom stereocenters. The first-order valence-corrected chi connectivity index (χ1v) is 11.9. The first-order chi connectivity index (χ1) is 16.6. The minimum absolute atomic E-state index is 0.0298. The normalized spacial score (nSPS) is 11.4. The van der Waals surface area contributed by atoms with Crippen LogP contribution in [0.4, 0.5) is 5.82 Å². The van der Waals surface area contributed by atoms with Crippen molar-refractivity contribution in [1.82, 2.24) is 14.7 Å². The number of carbonyl (C=O) groups excluding carboxylic acids is 2. The lowest BCUT2D eigenvalue weighted by Crippen LogP contribution is -2.41. The summed E-state index contributed by atoms with van der Waals surface area (Å²) in [6.07, 6.45) is 0.222. The van der Waals surface area contributed by atoms with E-state index in [1.165, 1.54) is 0 Å². The van der Waals surface area contributed by atoms with Crippen LogP contribution < -0.4 is 10.1 Å². The number of nitrogens with zero attached hydrogens (tertiary/aromatic N) is 3. The number of hydrogen-bond donors (Lipinski definition) is 1. The molecule has 0 radical (unpaired) electrons. The average Bonchev–Trinajstić information content (AvgIpc) is 3.23. The van der Waals surface area contributed by atoms with Gasteiger partial charge in [0.25, 0.3) is 0 Å². The maximum absolute atomic E-state index is 13.1. The van der Waals surface area contributed by atoms with Crippen molar-refractivity contribution < 1.29 is 14.3 Å². The number of hydrogen-bond acceptors (Lipinski definition) is 4. The molecule has 0 saturated heterocycles. The number of anilines is 1. The van der Waals surface area contributed by atoms with Gasteiger partial charge in [-0.15, -0.1) is 0 Å². The third kappa shape index (κ3) is 7.18. The van der Waals surface area contributed by atoms with Gasteiger partial charge in [-0.25, -0.2) is 4.68 Å². The van der Waals surface area contributed by atoms with Crippen LogP contribution in [0.1, 0.15) is 45.9 Å². The maximum Gasteiger partial charge on any atom is 0.245 e. The Morgan fingerprint density at radius 2 is 1.71 bits per heavy atom. The molecule has 186 valence electrons. The summed E-state index contributed by atoms with van der Waals surface area (Å²) in [4.78, 5) is 27.9. The van der Waals surface area contributed by atoms with E-state index in [0.29, 0.717) is 12.4 Å². The van der Waals surface area contributed by atoms with Crippen molar-refractivity contribution in [2.24, 2.45) is 5.92 Å². The van der Waals surface area contributed by atoms with Gasteiger partial charge in [-0.3, -0.25) is 9.59 Å². The van der Waals surface area contributed by atoms with E-state index in [1.54, 1.807) is 16.7 Å². The summed E-state index contributed by atoms with van der Waals surface area (Å²) in [7, 11) is 1.61. The van der Waals surface area contributed by atoms with Crippen LogP contribution in [0.25, 0.3) is 5.69 Å². The van der Waals surface area contributed by atoms with E-state index in [2.05, 4.69) is 26.1 Å². The first-order valence-electron chi connectivity index (χ1n) is 11.9. The molecule has 0 atom stereocenters. The van der Waals surface area contributed by atoms with Crippen LogP contribution in [0, 0.1) is 5.92 Å². The van der Waals surface area contributed by atoms with Gasteiger partial charge in [-0.2, -0.15) is 5.10 Å². The fraction of sp³-hybridized carbons (Fsp3) is 0.393. The topological polar surface area (TPSA) is 76.5 Å². The van der Waals surface area contributed by atoms with Crippen molar-refractivity contribution in [3.8, 4) is 11.4 Å². The second-order valence-corrected chi connectivity index (χ2v) is 10.2. The minimum Gasteiger partial charge on any atom is -0.497 e. The van der Waals surface area contributed by atoms with Gasteiger partial charge >= 0.3 is 0 Å². The van der Waals surface area contributed by atoms with E-state index < -0.39 is 0 Å². The molecule has 0 bridgehead atoms. The molecule has 0 aliphatic heterocycles. The number of aromatic nitrogens is 2. The van der Waals surface area contributed by atoms with Gasteiger partial charge in [0.2, 0.25) is 11.8 Å². The Labute approximate surface area is 208 Å². The predicted molar refractivity (Wildman–Crippen MR) is 139 cm³/mol. The number of benzene rings is 2. The van der Waals surface area contributed by atoms with Crippen molar-refractivity contribution in [3.05, 3.63) is 71.9 Å². The van der Waals surface area contributed by atoms with E-state index in [4.69, 9.17) is 9.84 Å². The molecular formula is C28H36N4O3. The molecule has 1 aromatic heterocycles. The Kier molecular flexibility index (Phi) is 8.33. The molecule has 7 nitrogen and oxygen atoms in total. The van der Waals surface area contributed by atoms with E-state index in [9.17, 15) is 9.59 Å². The van der Waals surface area contributed by atoms with Gasteiger partial charge in [0.15, 0.2) is 0 Å². The van der Waals surface area contributed by atoms with Gasteiger partial charge in [-0.1, -0.05) is 65.0 Å². The predicted octanol–water partition coefficient (Wildman–Crippen LogP) is 4.84. The molecule has 2 amide bonds. The molecule has 0 spiro atoms. The van der Waals surface area contributed by atoms with E-state index in [1.807, 2.05) is 74.5 Å². The molecule has 0 fully saturated rings. The standard InChI is InChI=1S/C28H36N4O3/c1-20(2)18-31(27(34)16-21-12-14-23(35-6)15-13-21)19-26(33)29-25-17-24(28(3,4)5)30-32(25)22-10-8-7-9-11-22/h7-15,17,20H,16,18-19H2,1-6H3,(H,29,33). The molecule has 0 saturated carbocycles. The van der Waals surface area contributed by atoms with Crippen molar-refractivity contribution in [2.75, 3.05) is 25.5 Å². The van der Waals surface area contributed by atoms with E-state index in [-0.39, 0.29) is 36.1 Å². The molecule has 3 aromatic rings. The zero-order valence-electron chi connectivity index (χ0n) is 21.5. The Balaban J connectivity index is 1.78. The van der Waals surface area contributed by atoms with E-state index in [0.717, 1.165) is 22.7 Å². The highest BCUT2D eigenvalue weighted by atomic mass is 16.5. The first kappa shape index (κ1) is 26.0. The highest BCUT2D eigenvalue weighted by Crippen LogP contribution is 2.26. The summed E-state index contributed by atoms with van der Waals surface area (Å²) in [6, 6.07) is 19.0. The Bertz CT molecular complexity index is 1130. The molecule has 3 rings (SSSR count). The van der Waals surface area contributed by atoms with Crippen molar-refractivity contribution >= 4 is 17.6 Å². The second-order valence-electron chi connectivity index (χ2n) is 10.2. The number of amides is 2. The molecule has 2 aromatic carbocycles. The Morgan fingerprint density at radius 3 is 2.29 bits per heavy atom. The fourth-order valence-corrected chi connectivity index (χ4v) is 3.68. The van der Waals surface area contributed by atoms with Gasteiger partial charge in [-0.05, 0) is 35.7 Å². The monoisotopic (exact) mass is 476 g/mol. The van der Waals surface area contributed by atoms with Crippen LogP contribution in [0.2, 0.25) is 0 Å². The third-order valence-corrected chi connectivity index (χ3v) is 5.53. The molecule has 0 aliphatic carbocycles. The summed E-state index contributed by atoms with van der Waals surface area (Å²) in [5.41, 5.74) is 2.42. The van der Waals surface area contributed by atoms with Crippen LogP contribution in [-0.4, -0.2) is 46.7 Å². The third-order valence-electron chi connectivity index (χ3n) is 5.53. The Hall–Kier alpha value is -3.61. The lowest BCUT2D eigenvalue weighted by atomic mass is 9.92. The quantitative estimate of drug-likeness (QED) is 0.479. The zero-order chi connectivity index (χ0) is 25.6. The zero-order valence-corrected chi connectivity index (χ0v) is 21.5. The lowest BCUT2D eigenvalue weighted by molar-refractivity contribution is -0.134. The van der Waals surface area contributed by atoms with Crippen LogP contribution >= 0.6 is 0 Å². The van der Waals surface area contributed by atoms with Crippen LogP contribution in [-0.2, 0) is 21.4 Å². The smallest absolute Gasteiger partial charge is 0.245 e. The minimum atomic E-state index is -0.258. The van der Waals surface area contributed by atoms with Crippen molar-refractivity contribution in [1.29, 1.82) is 0 Å². The molecule has 0 aliphatic rings. The van der Waals surface area contributed by atoms with Crippen LogP contribution in [0.3, 0.4) is 0 Å². The largest absolute Gasteiger partial charge is 0.497 e. The average molecular weight is 477 g/mol. The van der Waals surface area contributed by atoms with Gasteiger partial charge < -0.3 is 15.0 Å². The van der Waals surface area contributed by atoms with Gasteiger partial charge in [0.1, 0.15) is 11.6 Å². The molecular weight excluding hydrogens is 440 g/mol. The number of ether oxygens (including phenoxy) is 1. The highest BCUT2D eigenvalue weighted by molar-refractivity contribution is 5.94. The van der Waals surface area contributed by atoms with Crippen LogP contribution in [0.5, 0.6) is 5.75 Å². The number of para-hydroxylation sites is 1. The number of nitrogens with one attached hydrogen (secondary N) is 1. The fourth-order valence-electron chi connectivity index (χ4n) is 3.68. The number of rotatable bonds is 9. The number of carbonyl (C=O) groups is 2. The Morgan fingerprint density at radius 1 is 1.06 bits per heavy atom. The molecule has 1 N–H and O–H groups in total. The lowest BCUT2D eigenvalue weighted by Gasteiger charge is -2.24. The molecule has 1 heterocycles. The summed E-state index contributed by atoms with van der Waals surface area (Å²) < 4.78 is 6.93. The highest BCUT2D eigenvalue weighted by Gasteiger charge is 2.23. The van der Waals surface area contributed by atoms with Crippen LogP contribution in [0.15, 0.2) is 60.7 Å². The summed E-state index contributed by atoms with van der Waals surface area (Å²) >= 11 is 0. The summed E-state index contributed by atoms with van der Waals surface area (Å²) in [6.45, 7) is 10.8. The molecule has 7 heteroatoms. The van der Waals surface area contributed by atoms with Gasteiger partial charge in [0.05, 0.1) is 31.5 Å². The van der Waals surface area contributed by atoms with Crippen molar-refractivity contribution in [2.45, 2.75) is 46.5 Å². The summed E-state index contributed by atoms with van der Waals surface area (Å²) in [5, 5.41) is 7.74. The van der Waals surface area contributed by atoms with E-state index >= 15 is 0 Å². The van der Waals surface area contributed by atoms with Crippen molar-refractivity contribution in [3.63, 3.8) is 0 Å². The summed E-state index contributed by atoms with van der Waals surface area (Å²) in [5.74, 6) is 1.20. The van der Waals surface area contributed by atoms with Gasteiger partial charge in [0, 0.05) is 18.0 Å². The SMILES string of the molecule is COc1ccc(CC(=O)N(CC(=O)Nc2cc(C(C)(C)C)nn2-c2ccccc2)CC(C)C)cc1. The maximum atomic E-state index is 13.1. The second kappa shape index (κ2) is 11.2.